The summed E-state index contributed by atoms with van der Waals surface area (Å²) in [6.07, 6.45) is 8.89. The number of ether oxygens (including phenoxy) is 2. The lowest BCUT2D eigenvalue weighted by Crippen LogP contribution is -2.58. The van der Waals surface area contributed by atoms with Crippen molar-refractivity contribution in [2.24, 2.45) is 28.6 Å². The highest BCUT2D eigenvalue weighted by molar-refractivity contribution is 6.32. The van der Waals surface area contributed by atoms with Gasteiger partial charge >= 0.3 is 11.9 Å². The van der Waals surface area contributed by atoms with Crippen molar-refractivity contribution in [1.82, 2.24) is 0 Å². The smallest absolute Gasteiger partial charge is 0.303 e. The van der Waals surface area contributed by atoms with E-state index in [1.54, 1.807) is 6.92 Å². The number of esters is 2. The van der Waals surface area contributed by atoms with Crippen LogP contribution in [-0.2, 0) is 23.9 Å². The molecule has 5 nitrogen and oxygen atoms in total. The van der Waals surface area contributed by atoms with Gasteiger partial charge in [0.05, 0.1) is 0 Å². The summed E-state index contributed by atoms with van der Waals surface area (Å²) in [5.41, 5.74) is -0.436. The van der Waals surface area contributed by atoms with Gasteiger partial charge in [-0.25, -0.2) is 0 Å². The van der Waals surface area contributed by atoms with E-state index >= 15 is 0 Å². The summed E-state index contributed by atoms with van der Waals surface area (Å²) in [5.74, 6) is 0.147. The lowest BCUT2D eigenvalue weighted by atomic mass is 9.48. The largest absolute Gasteiger partial charge is 0.458 e. The zero-order valence-electron chi connectivity index (χ0n) is 19.1. The normalized spacial score (nSPS) is 43.5. The Labute approximate surface area is 189 Å². The molecule has 2 saturated carbocycles. The predicted molar refractivity (Wildman–Crippen MR) is 117 cm³/mol. The Balaban J connectivity index is 1.73. The molecule has 0 amide bonds. The van der Waals surface area contributed by atoms with E-state index in [-0.39, 0.29) is 35.1 Å². The Morgan fingerprint density at radius 3 is 2.23 bits per heavy atom. The van der Waals surface area contributed by atoms with Crippen molar-refractivity contribution in [3.63, 3.8) is 0 Å². The number of rotatable bonds is 3. The second-order valence-electron chi connectivity index (χ2n) is 10.5. The van der Waals surface area contributed by atoms with Crippen LogP contribution in [-0.4, -0.2) is 29.4 Å². The quantitative estimate of drug-likeness (QED) is 0.561. The average molecular weight is 449 g/mol. The SMILES string of the molecule is CC(=O)O[C@@H]1C=C2C(Cl)=CC3[C@H](CCC4(C)[C@H]3CC[C@]4(OC(C)=O)C(C)=O)C2(C)CC1. The number of carbonyl (C=O) groups is 3. The van der Waals surface area contributed by atoms with Crippen molar-refractivity contribution in [2.75, 3.05) is 0 Å². The number of fused-ring (bicyclic) bond motifs is 5. The van der Waals surface area contributed by atoms with E-state index in [1.807, 2.05) is 6.08 Å². The molecule has 4 aliphatic carbocycles. The maximum atomic E-state index is 12.8. The van der Waals surface area contributed by atoms with Crippen molar-refractivity contribution in [3.8, 4) is 0 Å². The van der Waals surface area contributed by atoms with Gasteiger partial charge in [0.25, 0.3) is 0 Å². The van der Waals surface area contributed by atoms with E-state index in [9.17, 15) is 14.4 Å². The third kappa shape index (κ3) is 3.21. The molecule has 0 aromatic heterocycles. The number of allylic oxidation sites excluding steroid dienone is 3. The molecule has 0 saturated heterocycles. The molecule has 31 heavy (non-hydrogen) atoms. The van der Waals surface area contributed by atoms with Crippen LogP contribution < -0.4 is 0 Å². The Morgan fingerprint density at radius 1 is 0.935 bits per heavy atom. The second-order valence-corrected chi connectivity index (χ2v) is 10.9. The van der Waals surface area contributed by atoms with Crippen LogP contribution in [0.4, 0.5) is 0 Å². The summed E-state index contributed by atoms with van der Waals surface area (Å²) >= 11 is 6.86. The summed E-state index contributed by atoms with van der Waals surface area (Å²) in [6.45, 7) is 8.82. The molecule has 2 fully saturated rings. The summed E-state index contributed by atoms with van der Waals surface area (Å²) in [7, 11) is 0. The van der Waals surface area contributed by atoms with Crippen LogP contribution >= 0.6 is 11.6 Å². The second kappa shape index (κ2) is 7.47. The number of Topliss-reactive ketones (excluding diaryl/α,β-unsaturated/α-hetero) is 1. The van der Waals surface area contributed by atoms with Crippen molar-refractivity contribution in [2.45, 2.75) is 84.8 Å². The highest BCUT2D eigenvalue weighted by atomic mass is 35.5. The maximum Gasteiger partial charge on any atom is 0.303 e. The molecule has 170 valence electrons. The van der Waals surface area contributed by atoms with Gasteiger partial charge < -0.3 is 9.47 Å². The molecule has 4 aliphatic rings. The Hall–Kier alpha value is -1.62. The predicted octanol–water partition coefficient (Wildman–Crippen LogP) is 5.11. The minimum absolute atomic E-state index is 0.0503. The van der Waals surface area contributed by atoms with Crippen molar-refractivity contribution in [3.05, 3.63) is 22.8 Å². The third-order valence-electron chi connectivity index (χ3n) is 8.99. The van der Waals surface area contributed by atoms with Crippen LogP contribution in [0.3, 0.4) is 0 Å². The minimum atomic E-state index is -1.04. The van der Waals surface area contributed by atoms with Crippen LogP contribution in [0.25, 0.3) is 0 Å². The fraction of sp³-hybridized carbons (Fsp3) is 0.720. The molecule has 4 rings (SSSR count). The first-order chi connectivity index (χ1) is 14.4. The lowest BCUT2D eigenvalue weighted by Gasteiger charge is -2.58. The molecule has 0 N–H and O–H groups in total. The van der Waals surface area contributed by atoms with Gasteiger partial charge in [0, 0.05) is 24.3 Å². The van der Waals surface area contributed by atoms with Gasteiger partial charge in [-0.15, -0.1) is 0 Å². The van der Waals surface area contributed by atoms with E-state index in [0.29, 0.717) is 12.3 Å². The standard InChI is InChI=1S/C25H33ClO5/c1-14(27)25(31-16(3)29)11-8-20-18-13-22(26)21-12-17(30-15(2)28)6-9-23(21,4)19(18)7-10-24(20,25)5/h12-13,17-20H,6-11H2,1-5H3/t17-,18?,19-,20-,23?,24?,25-/m0/s1. The van der Waals surface area contributed by atoms with Gasteiger partial charge in [0.2, 0.25) is 0 Å². The van der Waals surface area contributed by atoms with Crippen molar-refractivity contribution in [1.29, 1.82) is 0 Å². The van der Waals surface area contributed by atoms with E-state index in [1.165, 1.54) is 13.8 Å². The van der Waals surface area contributed by atoms with Crippen molar-refractivity contribution < 1.29 is 23.9 Å². The topological polar surface area (TPSA) is 69.7 Å². The Bertz CT molecular complexity index is 890. The van der Waals surface area contributed by atoms with Gasteiger partial charge in [-0.2, -0.15) is 0 Å². The first kappa shape index (κ1) is 22.6. The van der Waals surface area contributed by atoms with Gasteiger partial charge in [0.15, 0.2) is 11.4 Å². The third-order valence-corrected chi connectivity index (χ3v) is 9.32. The number of ketones is 1. The fourth-order valence-electron chi connectivity index (χ4n) is 7.57. The highest BCUT2D eigenvalue weighted by Gasteiger charge is 2.67. The molecule has 0 radical (unpaired) electrons. The summed E-state index contributed by atoms with van der Waals surface area (Å²) in [4.78, 5) is 36.2. The Kier molecular flexibility index (Phi) is 5.44. The van der Waals surface area contributed by atoms with Gasteiger partial charge in [-0.1, -0.05) is 31.5 Å². The summed E-state index contributed by atoms with van der Waals surface area (Å²) < 4.78 is 11.3. The van der Waals surface area contributed by atoms with E-state index in [4.69, 9.17) is 21.1 Å². The number of halogens is 1. The molecule has 0 bridgehead atoms. The van der Waals surface area contributed by atoms with Gasteiger partial charge in [-0.05, 0) is 80.3 Å². The molecule has 7 atom stereocenters. The minimum Gasteiger partial charge on any atom is -0.458 e. The number of carbonyl (C=O) groups excluding carboxylic acids is 3. The number of hydrogen-bond donors (Lipinski definition) is 0. The monoisotopic (exact) mass is 448 g/mol. The zero-order chi connectivity index (χ0) is 22.8. The molecule has 0 heterocycles. The van der Waals surface area contributed by atoms with Gasteiger partial charge in [-0.3, -0.25) is 14.4 Å². The van der Waals surface area contributed by atoms with E-state index < -0.39 is 17.0 Å². The van der Waals surface area contributed by atoms with Crippen LogP contribution in [0.1, 0.15) is 73.1 Å². The summed E-state index contributed by atoms with van der Waals surface area (Å²) in [6, 6.07) is 0. The molecule has 0 aromatic carbocycles. The lowest BCUT2D eigenvalue weighted by molar-refractivity contribution is -0.185. The fourth-order valence-corrected chi connectivity index (χ4v) is 8.00. The first-order valence-corrected chi connectivity index (χ1v) is 11.8. The maximum absolute atomic E-state index is 12.8. The van der Waals surface area contributed by atoms with Crippen molar-refractivity contribution >= 4 is 29.3 Å². The average Bonchev–Trinajstić information content (AvgIpc) is 2.96. The molecular formula is C25H33ClO5. The molecule has 0 aromatic rings. The zero-order valence-corrected chi connectivity index (χ0v) is 19.9. The van der Waals surface area contributed by atoms with Gasteiger partial charge in [0.1, 0.15) is 6.10 Å². The van der Waals surface area contributed by atoms with E-state index in [2.05, 4.69) is 19.9 Å². The van der Waals surface area contributed by atoms with Crippen LogP contribution in [0.2, 0.25) is 0 Å². The summed E-state index contributed by atoms with van der Waals surface area (Å²) in [5, 5.41) is 0.734. The number of hydrogen-bond acceptors (Lipinski definition) is 5. The molecule has 0 aliphatic heterocycles. The van der Waals surface area contributed by atoms with Crippen LogP contribution in [0.5, 0.6) is 0 Å². The molecule has 0 spiro atoms. The molecular weight excluding hydrogens is 416 g/mol. The highest BCUT2D eigenvalue weighted by Crippen LogP contribution is 2.68. The van der Waals surface area contributed by atoms with E-state index in [0.717, 1.165) is 42.7 Å². The first-order valence-electron chi connectivity index (χ1n) is 11.4. The molecule has 6 heteroatoms. The Morgan fingerprint density at radius 2 is 1.61 bits per heavy atom. The van der Waals surface area contributed by atoms with Crippen LogP contribution in [0.15, 0.2) is 22.8 Å². The molecule has 3 unspecified atom stereocenters. The van der Waals surface area contributed by atoms with Crippen LogP contribution in [0, 0.1) is 28.6 Å².